The molecule has 4 rings (SSSR count). The molecule has 2 atom stereocenters. The first-order valence-corrected chi connectivity index (χ1v) is 10.2. The Morgan fingerprint density at radius 3 is 2.75 bits per heavy atom. The second-order valence-electron chi connectivity index (χ2n) is 8.33. The number of hydrogen-bond acceptors (Lipinski definition) is 7. The summed E-state index contributed by atoms with van der Waals surface area (Å²) in [4.78, 5) is 26.6. The molecule has 4 heterocycles. The van der Waals surface area contributed by atoms with Crippen LogP contribution in [0, 0.1) is 11.8 Å². The third kappa shape index (κ3) is 5.09. The average Bonchev–Trinajstić information content (AvgIpc) is 3.39. The van der Waals surface area contributed by atoms with Gasteiger partial charge in [-0.05, 0) is 51.0 Å². The summed E-state index contributed by atoms with van der Waals surface area (Å²) in [5.74, 6) is 6.34. The van der Waals surface area contributed by atoms with Crippen LogP contribution < -0.4 is 0 Å². The van der Waals surface area contributed by atoms with Crippen LogP contribution in [-0.2, 0) is 4.74 Å². The summed E-state index contributed by atoms with van der Waals surface area (Å²) in [7, 11) is 0. The molecule has 8 nitrogen and oxygen atoms in total. The van der Waals surface area contributed by atoms with E-state index < -0.39 is 23.9 Å². The second-order valence-corrected chi connectivity index (χ2v) is 8.33. The molecule has 1 saturated heterocycles. The number of halogens is 1. The van der Waals surface area contributed by atoms with E-state index in [0.29, 0.717) is 17.0 Å². The lowest BCUT2D eigenvalue weighted by Crippen LogP contribution is -2.37. The highest BCUT2D eigenvalue weighted by molar-refractivity contribution is 5.69. The molecule has 0 aliphatic carbocycles. The molecule has 1 amide bonds. The molecule has 0 bridgehead atoms. The van der Waals surface area contributed by atoms with Gasteiger partial charge in [-0.2, -0.15) is 4.98 Å². The highest BCUT2D eigenvalue weighted by Crippen LogP contribution is 2.34. The number of ether oxygens (including phenoxy) is 1. The summed E-state index contributed by atoms with van der Waals surface area (Å²) in [6.45, 7) is 5.18. The Morgan fingerprint density at radius 1 is 1.22 bits per heavy atom. The van der Waals surface area contributed by atoms with Crippen molar-refractivity contribution in [3.63, 3.8) is 0 Å². The highest BCUT2D eigenvalue weighted by atomic mass is 19.1. The van der Waals surface area contributed by atoms with Crippen LogP contribution in [0.2, 0.25) is 0 Å². The number of nitrogens with zero attached hydrogens (tertiary/aromatic N) is 5. The predicted molar refractivity (Wildman–Crippen MR) is 113 cm³/mol. The number of pyridine rings is 2. The van der Waals surface area contributed by atoms with E-state index in [4.69, 9.17) is 9.26 Å². The van der Waals surface area contributed by atoms with E-state index in [1.54, 1.807) is 45.3 Å². The van der Waals surface area contributed by atoms with E-state index >= 15 is 0 Å². The molecule has 1 aliphatic heterocycles. The van der Waals surface area contributed by atoms with Crippen LogP contribution >= 0.6 is 0 Å². The fourth-order valence-corrected chi connectivity index (χ4v) is 3.19. The maximum atomic E-state index is 14.1. The fraction of sp³-hybridized carbons (Fsp3) is 0.348. The first-order chi connectivity index (χ1) is 15.3. The standard InChI is InChI=1S/C23H22FN5O3/c1-23(2,3)31-22(30)29-14-16(24)12-19(29)21-27-20(28-32-21)18-10-8-15(13-26-18)7-9-17-6-4-5-11-25-17/h4-6,8,10-11,13,16,19H,12,14H2,1-3H3/t16-,19+/m0/s1. The lowest BCUT2D eigenvalue weighted by molar-refractivity contribution is 0.0192. The minimum absolute atomic E-state index is 0.0658. The molecule has 3 aromatic rings. The molecule has 1 aliphatic rings. The Morgan fingerprint density at radius 2 is 2.06 bits per heavy atom. The van der Waals surface area contributed by atoms with Gasteiger partial charge >= 0.3 is 6.09 Å². The number of aromatic nitrogens is 4. The van der Waals surface area contributed by atoms with Crippen LogP contribution in [0.25, 0.3) is 11.5 Å². The third-order valence-corrected chi connectivity index (χ3v) is 4.60. The van der Waals surface area contributed by atoms with Crippen molar-refractivity contribution in [1.82, 2.24) is 25.0 Å². The van der Waals surface area contributed by atoms with Crippen molar-refractivity contribution in [3.8, 4) is 23.4 Å². The Balaban J connectivity index is 1.49. The van der Waals surface area contributed by atoms with Gasteiger partial charge in [-0.1, -0.05) is 17.1 Å². The van der Waals surface area contributed by atoms with Crippen molar-refractivity contribution in [2.45, 2.75) is 45.0 Å². The Labute approximate surface area is 184 Å². The van der Waals surface area contributed by atoms with Gasteiger partial charge in [0, 0.05) is 24.4 Å². The topological polar surface area (TPSA) is 94.2 Å². The van der Waals surface area contributed by atoms with Crippen LogP contribution in [0.15, 0.2) is 47.2 Å². The predicted octanol–water partition coefficient (Wildman–Crippen LogP) is 3.95. The molecule has 0 unspecified atom stereocenters. The summed E-state index contributed by atoms with van der Waals surface area (Å²) in [6.07, 6.45) is 1.53. The minimum Gasteiger partial charge on any atom is -0.444 e. The first-order valence-electron chi connectivity index (χ1n) is 10.2. The molecule has 164 valence electrons. The number of rotatable bonds is 2. The number of amides is 1. The molecular weight excluding hydrogens is 413 g/mol. The van der Waals surface area contributed by atoms with E-state index in [-0.39, 0.29) is 24.7 Å². The largest absolute Gasteiger partial charge is 0.444 e. The van der Waals surface area contributed by atoms with Crippen molar-refractivity contribution in [1.29, 1.82) is 0 Å². The van der Waals surface area contributed by atoms with Crippen LogP contribution in [0.4, 0.5) is 9.18 Å². The zero-order chi connectivity index (χ0) is 22.7. The summed E-state index contributed by atoms with van der Waals surface area (Å²) in [6, 6.07) is 8.33. The third-order valence-electron chi connectivity index (χ3n) is 4.60. The Bertz CT molecular complexity index is 1150. The number of likely N-dealkylation sites (tertiary alicyclic amines) is 1. The van der Waals surface area contributed by atoms with E-state index in [0.717, 1.165) is 0 Å². The normalized spacial score (nSPS) is 18.2. The van der Waals surface area contributed by atoms with Gasteiger partial charge in [0.2, 0.25) is 11.7 Å². The van der Waals surface area contributed by atoms with Gasteiger partial charge in [-0.25, -0.2) is 14.2 Å². The molecule has 0 N–H and O–H groups in total. The Hall–Kier alpha value is -3.80. The molecule has 0 spiro atoms. The fourth-order valence-electron chi connectivity index (χ4n) is 3.19. The highest BCUT2D eigenvalue weighted by Gasteiger charge is 2.41. The van der Waals surface area contributed by atoms with E-state index in [9.17, 15) is 9.18 Å². The van der Waals surface area contributed by atoms with Crippen molar-refractivity contribution in [2.75, 3.05) is 6.54 Å². The summed E-state index contributed by atoms with van der Waals surface area (Å²) >= 11 is 0. The Kier molecular flexibility index (Phi) is 5.86. The zero-order valence-electron chi connectivity index (χ0n) is 17.9. The number of carbonyl (C=O) groups is 1. The lowest BCUT2D eigenvalue weighted by Gasteiger charge is -2.26. The maximum absolute atomic E-state index is 14.1. The summed E-state index contributed by atoms with van der Waals surface area (Å²) < 4.78 is 24.8. The van der Waals surface area contributed by atoms with E-state index in [2.05, 4.69) is 31.9 Å². The van der Waals surface area contributed by atoms with Crippen molar-refractivity contribution >= 4 is 6.09 Å². The molecule has 9 heteroatoms. The minimum atomic E-state index is -1.20. The molecule has 0 aromatic carbocycles. The quantitative estimate of drug-likeness (QED) is 0.563. The van der Waals surface area contributed by atoms with E-state index in [1.165, 1.54) is 4.90 Å². The molecule has 1 fully saturated rings. The van der Waals surface area contributed by atoms with Crippen LogP contribution in [-0.4, -0.2) is 49.4 Å². The average molecular weight is 435 g/mol. The maximum Gasteiger partial charge on any atom is 0.411 e. The summed E-state index contributed by atoms with van der Waals surface area (Å²) in [5.41, 5.74) is 1.15. The van der Waals surface area contributed by atoms with Crippen LogP contribution in [0.5, 0.6) is 0 Å². The first kappa shape index (κ1) is 21.4. The lowest BCUT2D eigenvalue weighted by atomic mass is 10.2. The van der Waals surface area contributed by atoms with Crippen LogP contribution in [0.1, 0.15) is 50.4 Å². The smallest absolute Gasteiger partial charge is 0.411 e. The molecular formula is C23H22FN5O3. The van der Waals surface area contributed by atoms with Gasteiger partial charge in [0.15, 0.2) is 0 Å². The van der Waals surface area contributed by atoms with Crippen molar-refractivity contribution < 1.29 is 18.4 Å². The van der Waals surface area contributed by atoms with Crippen molar-refractivity contribution in [3.05, 3.63) is 59.9 Å². The van der Waals surface area contributed by atoms with Gasteiger partial charge in [0.1, 0.15) is 29.2 Å². The number of alkyl halides is 1. The van der Waals surface area contributed by atoms with Gasteiger partial charge in [0.05, 0.1) is 6.54 Å². The molecule has 0 radical (unpaired) electrons. The molecule has 3 aromatic heterocycles. The molecule has 0 saturated carbocycles. The summed E-state index contributed by atoms with van der Waals surface area (Å²) in [5, 5.41) is 3.95. The SMILES string of the molecule is CC(C)(C)OC(=O)N1C[C@@H](F)C[C@@H]1c1nc(-c2ccc(C#Cc3ccccn3)cn2)no1. The van der Waals surface area contributed by atoms with E-state index in [1.807, 2.05) is 18.2 Å². The van der Waals surface area contributed by atoms with Gasteiger partial charge in [-0.15, -0.1) is 0 Å². The monoisotopic (exact) mass is 435 g/mol. The number of hydrogen-bond donors (Lipinski definition) is 0. The van der Waals surface area contributed by atoms with Gasteiger partial charge < -0.3 is 9.26 Å². The van der Waals surface area contributed by atoms with Crippen LogP contribution in [0.3, 0.4) is 0 Å². The molecule has 32 heavy (non-hydrogen) atoms. The van der Waals surface area contributed by atoms with Gasteiger partial charge in [0.25, 0.3) is 0 Å². The van der Waals surface area contributed by atoms with Crippen molar-refractivity contribution in [2.24, 2.45) is 0 Å². The zero-order valence-corrected chi connectivity index (χ0v) is 17.9. The number of carbonyl (C=O) groups excluding carboxylic acids is 1. The van der Waals surface area contributed by atoms with Gasteiger partial charge in [-0.3, -0.25) is 9.88 Å². The second kappa shape index (κ2) is 8.75.